The van der Waals surface area contributed by atoms with Crippen molar-refractivity contribution in [3.05, 3.63) is 59.6 Å². The van der Waals surface area contributed by atoms with Crippen LogP contribution < -0.4 is 14.8 Å². The molecule has 2 aromatic carbocycles. The SMILES string of the molecule is Cn1c(-c2nc(C(=O)Nc3ccc4c(c3)OCCO4)cs2)cc2ccccc21. The molecule has 2 aromatic heterocycles. The van der Waals surface area contributed by atoms with Gasteiger partial charge in [-0.25, -0.2) is 4.98 Å². The molecule has 0 saturated heterocycles. The number of carbonyl (C=O) groups excluding carboxylic acids is 1. The monoisotopic (exact) mass is 391 g/mol. The zero-order valence-corrected chi connectivity index (χ0v) is 16.0. The van der Waals surface area contributed by atoms with Crippen LogP contribution in [0.25, 0.3) is 21.6 Å². The van der Waals surface area contributed by atoms with Crippen LogP contribution in [-0.2, 0) is 7.05 Å². The number of benzene rings is 2. The van der Waals surface area contributed by atoms with E-state index in [1.54, 1.807) is 23.6 Å². The van der Waals surface area contributed by atoms with E-state index >= 15 is 0 Å². The van der Waals surface area contributed by atoms with E-state index in [9.17, 15) is 4.79 Å². The molecule has 1 amide bonds. The molecule has 1 aliphatic rings. The number of rotatable bonds is 3. The van der Waals surface area contributed by atoms with Gasteiger partial charge in [0.1, 0.15) is 23.9 Å². The molecule has 6 nitrogen and oxygen atoms in total. The van der Waals surface area contributed by atoms with Crippen molar-refractivity contribution in [1.82, 2.24) is 9.55 Å². The maximum absolute atomic E-state index is 12.6. The summed E-state index contributed by atoms with van der Waals surface area (Å²) in [5.74, 6) is 1.08. The Balaban J connectivity index is 1.39. The molecular weight excluding hydrogens is 374 g/mol. The highest BCUT2D eigenvalue weighted by Gasteiger charge is 2.17. The topological polar surface area (TPSA) is 65.4 Å². The van der Waals surface area contributed by atoms with Crippen molar-refractivity contribution in [2.24, 2.45) is 7.05 Å². The van der Waals surface area contributed by atoms with Crippen LogP contribution in [0.1, 0.15) is 10.5 Å². The third-order valence-electron chi connectivity index (χ3n) is 4.71. The van der Waals surface area contributed by atoms with E-state index in [1.165, 1.54) is 11.3 Å². The molecule has 1 N–H and O–H groups in total. The maximum Gasteiger partial charge on any atom is 0.275 e. The van der Waals surface area contributed by atoms with Gasteiger partial charge in [-0.15, -0.1) is 11.3 Å². The van der Waals surface area contributed by atoms with Gasteiger partial charge >= 0.3 is 0 Å². The second kappa shape index (κ2) is 6.69. The number of carbonyl (C=O) groups is 1. The summed E-state index contributed by atoms with van der Waals surface area (Å²) in [6.07, 6.45) is 0. The molecule has 0 unspecified atom stereocenters. The van der Waals surface area contributed by atoms with E-state index in [0.717, 1.165) is 21.6 Å². The van der Waals surface area contributed by atoms with Crippen LogP contribution in [0, 0.1) is 0 Å². The molecule has 1 aliphatic heterocycles. The first-order chi connectivity index (χ1) is 13.7. The van der Waals surface area contributed by atoms with Crippen LogP contribution in [0.5, 0.6) is 11.5 Å². The summed E-state index contributed by atoms with van der Waals surface area (Å²) in [5.41, 5.74) is 3.16. The second-order valence-corrected chi connectivity index (χ2v) is 7.36. The van der Waals surface area contributed by atoms with Crippen molar-refractivity contribution in [2.45, 2.75) is 0 Å². The molecule has 5 rings (SSSR count). The number of hydrogen-bond donors (Lipinski definition) is 1. The Morgan fingerprint density at radius 3 is 2.79 bits per heavy atom. The van der Waals surface area contributed by atoms with Gasteiger partial charge in [0.2, 0.25) is 0 Å². The lowest BCUT2D eigenvalue weighted by atomic mass is 10.2. The lowest BCUT2D eigenvalue weighted by molar-refractivity contribution is 0.102. The summed E-state index contributed by atoms with van der Waals surface area (Å²) in [6.45, 7) is 1.04. The minimum absolute atomic E-state index is 0.252. The van der Waals surface area contributed by atoms with Gasteiger partial charge in [0.15, 0.2) is 11.5 Å². The van der Waals surface area contributed by atoms with Crippen LogP contribution in [0.2, 0.25) is 0 Å². The number of aryl methyl sites for hydroxylation is 1. The first-order valence-corrected chi connectivity index (χ1v) is 9.78. The van der Waals surface area contributed by atoms with Crippen molar-refractivity contribution in [1.29, 1.82) is 0 Å². The fourth-order valence-corrected chi connectivity index (χ4v) is 4.16. The predicted molar refractivity (Wildman–Crippen MR) is 109 cm³/mol. The van der Waals surface area contributed by atoms with Crippen LogP contribution in [-0.4, -0.2) is 28.7 Å². The number of nitrogens with zero attached hydrogens (tertiary/aromatic N) is 2. The smallest absolute Gasteiger partial charge is 0.275 e. The van der Waals surface area contributed by atoms with Gasteiger partial charge in [0.25, 0.3) is 5.91 Å². The third kappa shape index (κ3) is 2.90. The normalized spacial score (nSPS) is 12.9. The third-order valence-corrected chi connectivity index (χ3v) is 5.57. The summed E-state index contributed by atoms with van der Waals surface area (Å²) < 4.78 is 13.2. The minimum Gasteiger partial charge on any atom is -0.486 e. The number of nitrogens with one attached hydrogen (secondary N) is 1. The lowest BCUT2D eigenvalue weighted by Crippen LogP contribution is -2.16. The number of anilines is 1. The molecule has 7 heteroatoms. The van der Waals surface area contributed by atoms with Crippen LogP contribution in [0.4, 0.5) is 5.69 Å². The molecule has 0 saturated carbocycles. The minimum atomic E-state index is -0.252. The van der Waals surface area contributed by atoms with Crippen molar-refractivity contribution in [3.8, 4) is 22.2 Å². The Kier molecular flexibility index (Phi) is 4.02. The average Bonchev–Trinajstić information content (AvgIpc) is 3.33. The summed E-state index contributed by atoms with van der Waals surface area (Å²) in [7, 11) is 2.01. The number of ether oxygens (including phenoxy) is 2. The van der Waals surface area contributed by atoms with Crippen LogP contribution >= 0.6 is 11.3 Å². The van der Waals surface area contributed by atoms with Crippen LogP contribution in [0.15, 0.2) is 53.9 Å². The van der Waals surface area contributed by atoms with Crippen molar-refractivity contribution >= 4 is 33.8 Å². The zero-order valence-electron chi connectivity index (χ0n) is 15.1. The largest absolute Gasteiger partial charge is 0.486 e. The van der Waals surface area contributed by atoms with Crippen LogP contribution in [0.3, 0.4) is 0 Å². The molecule has 0 radical (unpaired) electrons. The quantitative estimate of drug-likeness (QED) is 0.565. The Bertz CT molecular complexity index is 1190. The first kappa shape index (κ1) is 16.8. The Hall–Kier alpha value is -3.32. The first-order valence-electron chi connectivity index (χ1n) is 8.90. The number of para-hydroxylation sites is 1. The van der Waals surface area contributed by atoms with E-state index in [4.69, 9.17) is 9.47 Å². The lowest BCUT2D eigenvalue weighted by Gasteiger charge is -2.18. The van der Waals surface area contributed by atoms with E-state index in [2.05, 4.69) is 33.1 Å². The number of thiazole rings is 1. The van der Waals surface area contributed by atoms with E-state index in [-0.39, 0.29) is 5.91 Å². The Morgan fingerprint density at radius 2 is 1.93 bits per heavy atom. The summed E-state index contributed by atoms with van der Waals surface area (Å²) in [5, 5.41) is 6.62. The highest BCUT2D eigenvalue weighted by atomic mass is 32.1. The van der Waals surface area contributed by atoms with E-state index in [1.807, 2.05) is 19.2 Å². The number of aromatic nitrogens is 2. The zero-order chi connectivity index (χ0) is 19.1. The van der Waals surface area contributed by atoms with Gasteiger partial charge < -0.3 is 19.4 Å². The Morgan fingerprint density at radius 1 is 1.11 bits per heavy atom. The van der Waals surface area contributed by atoms with Crippen molar-refractivity contribution in [3.63, 3.8) is 0 Å². The van der Waals surface area contributed by atoms with Gasteiger partial charge in [-0.05, 0) is 24.3 Å². The molecule has 0 fully saturated rings. The van der Waals surface area contributed by atoms with Gasteiger partial charge in [-0.2, -0.15) is 0 Å². The number of fused-ring (bicyclic) bond motifs is 2. The molecule has 0 atom stereocenters. The van der Waals surface area contributed by atoms with Crippen molar-refractivity contribution in [2.75, 3.05) is 18.5 Å². The van der Waals surface area contributed by atoms with E-state index in [0.29, 0.717) is 36.1 Å². The molecule has 3 heterocycles. The average molecular weight is 391 g/mol. The molecule has 140 valence electrons. The molecular formula is C21H17N3O3S. The number of amides is 1. The van der Waals surface area contributed by atoms with Crippen molar-refractivity contribution < 1.29 is 14.3 Å². The standard InChI is InChI=1S/C21H17N3O3S/c1-24-16-5-3-2-4-13(16)10-17(24)21-23-15(12-28-21)20(25)22-14-6-7-18-19(11-14)27-9-8-26-18/h2-7,10-12H,8-9H2,1H3,(H,22,25). The second-order valence-electron chi connectivity index (χ2n) is 6.50. The number of hydrogen-bond acceptors (Lipinski definition) is 5. The summed E-state index contributed by atoms with van der Waals surface area (Å²) in [4.78, 5) is 17.2. The van der Waals surface area contributed by atoms with Gasteiger partial charge in [-0.1, -0.05) is 18.2 Å². The van der Waals surface area contributed by atoms with Gasteiger partial charge in [-0.3, -0.25) is 4.79 Å². The highest BCUT2D eigenvalue weighted by Crippen LogP contribution is 2.33. The molecule has 28 heavy (non-hydrogen) atoms. The predicted octanol–water partition coefficient (Wildman–Crippen LogP) is 4.33. The summed E-state index contributed by atoms with van der Waals surface area (Å²) >= 11 is 1.46. The highest BCUT2D eigenvalue weighted by molar-refractivity contribution is 7.13. The molecule has 0 aliphatic carbocycles. The van der Waals surface area contributed by atoms with Gasteiger partial charge in [0.05, 0.1) is 5.69 Å². The fraction of sp³-hybridized carbons (Fsp3) is 0.143. The summed E-state index contributed by atoms with van der Waals surface area (Å²) in [6, 6.07) is 15.6. The Labute approximate surface area is 165 Å². The molecule has 4 aromatic rings. The van der Waals surface area contributed by atoms with Gasteiger partial charge in [0, 0.05) is 35.1 Å². The molecule has 0 spiro atoms. The maximum atomic E-state index is 12.6. The van der Waals surface area contributed by atoms with E-state index < -0.39 is 0 Å². The molecule has 0 bridgehead atoms. The fourth-order valence-electron chi connectivity index (χ4n) is 3.31.